The van der Waals surface area contributed by atoms with Gasteiger partial charge < -0.3 is 15.2 Å². The molecule has 0 amide bonds. The third-order valence-electron chi connectivity index (χ3n) is 7.38. The highest BCUT2D eigenvalue weighted by molar-refractivity contribution is 5.85. The highest BCUT2D eigenvalue weighted by Gasteiger charge is 2.56. The molecule has 5 rings (SSSR count). The number of benzene rings is 2. The number of aromatic nitrogens is 4. The summed E-state index contributed by atoms with van der Waals surface area (Å²) in [7, 11) is 1.65. The standard InChI is InChI=1S/C25H25F6N5O2.ClH/c1-36-34-22(33-35-36)18-12-23(15-5-3-2-4-6-15)21(8-7-19(18)32-23)38-20(13-37)14-9-16(24(26,27)28)11-17(10-14)25(29,30)31;/h2-6,9-11,18-21,32,37H,7-8,12-13H2,1H3;1H/t18-,19?,20?,21?,23?;/m1./s1. The van der Waals surface area contributed by atoms with Gasteiger partial charge in [0.1, 0.15) is 6.10 Å². The van der Waals surface area contributed by atoms with Crippen LogP contribution in [0.4, 0.5) is 26.3 Å². The van der Waals surface area contributed by atoms with E-state index in [1.165, 1.54) is 4.80 Å². The summed E-state index contributed by atoms with van der Waals surface area (Å²) in [6.07, 6.45) is -10.6. The zero-order chi connectivity index (χ0) is 27.3. The number of nitrogens with zero attached hydrogens (tertiary/aromatic N) is 4. The van der Waals surface area contributed by atoms with Crippen molar-refractivity contribution in [3.63, 3.8) is 0 Å². The lowest BCUT2D eigenvalue weighted by Gasteiger charge is -2.43. The third kappa shape index (κ3) is 5.63. The Morgan fingerprint density at radius 3 is 2.23 bits per heavy atom. The number of aryl methyl sites for hydroxylation is 1. The minimum absolute atomic E-state index is 0. The zero-order valence-corrected chi connectivity index (χ0v) is 21.4. The van der Waals surface area contributed by atoms with E-state index in [4.69, 9.17) is 4.74 Å². The Kier molecular flexibility index (Phi) is 8.01. The summed E-state index contributed by atoms with van der Waals surface area (Å²) in [6.45, 7) is -0.807. The number of halogens is 7. The summed E-state index contributed by atoms with van der Waals surface area (Å²) in [4.78, 5) is 1.36. The minimum atomic E-state index is -5.01. The molecule has 2 aromatic carbocycles. The molecule has 14 heteroatoms. The number of alkyl halides is 6. The maximum Gasteiger partial charge on any atom is 0.416 e. The molecule has 2 saturated heterocycles. The predicted molar refractivity (Wildman–Crippen MR) is 129 cm³/mol. The molecule has 2 fully saturated rings. The van der Waals surface area contributed by atoms with Crippen LogP contribution < -0.4 is 5.32 Å². The largest absolute Gasteiger partial charge is 0.416 e. The summed E-state index contributed by atoms with van der Waals surface area (Å²) in [5.41, 5.74) is -3.31. The first-order valence-electron chi connectivity index (χ1n) is 12.0. The van der Waals surface area contributed by atoms with Gasteiger partial charge in [0.25, 0.3) is 0 Å². The molecule has 2 N–H and O–H groups in total. The number of aliphatic hydroxyl groups excluding tert-OH is 1. The Morgan fingerprint density at radius 1 is 1.05 bits per heavy atom. The minimum Gasteiger partial charge on any atom is -0.393 e. The van der Waals surface area contributed by atoms with E-state index < -0.39 is 53.4 Å². The Labute approximate surface area is 226 Å². The molecule has 2 aliphatic rings. The van der Waals surface area contributed by atoms with Crippen molar-refractivity contribution in [1.29, 1.82) is 0 Å². The maximum absolute atomic E-state index is 13.5. The van der Waals surface area contributed by atoms with Gasteiger partial charge >= 0.3 is 12.4 Å². The zero-order valence-electron chi connectivity index (χ0n) is 20.6. The molecular weight excluding hydrogens is 552 g/mol. The maximum atomic E-state index is 13.5. The molecule has 39 heavy (non-hydrogen) atoms. The number of ether oxygens (including phenoxy) is 1. The van der Waals surface area contributed by atoms with Crippen LogP contribution in [-0.2, 0) is 29.7 Å². The van der Waals surface area contributed by atoms with E-state index in [1.54, 1.807) is 7.05 Å². The van der Waals surface area contributed by atoms with Crippen LogP contribution in [0, 0.1) is 0 Å². The number of fused-ring (bicyclic) bond motifs is 2. The van der Waals surface area contributed by atoms with Crippen LogP contribution in [0.1, 0.15) is 59.4 Å². The fourth-order valence-corrected chi connectivity index (χ4v) is 5.67. The highest BCUT2D eigenvalue weighted by Crippen LogP contribution is 2.51. The van der Waals surface area contributed by atoms with Gasteiger partial charge in [-0.25, -0.2) is 0 Å². The van der Waals surface area contributed by atoms with E-state index in [0.29, 0.717) is 37.2 Å². The van der Waals surface area contributed by atoms with Gasteiger partial charge in [-0.15, -0.1) is 22.6 Å². The number of hydrogen-bond acceptors (Lipinski definition) is 6. The molecular formula is C25H26ClF6N5O2. The first kappa shape index (κ1) is 29.2. The Morgan fingerprint density at radius 2 is 1.69 bits per heavy atom. The van der Waals surface area contributed by atoms with E-state index in [9.17, 15) is 31.4 Å². The average Bonchev–Trinajstić information content (AvgIpc) is 3.44. The van der Waals surface area contributed by atoms with E-state index in [2.05, 4.69) is 20.7 Å². The molecule has 0 aliphatic carbocycles. The SMILES string of the molecule is Cl.Cn1nnc([C@@H]2CC3(c4ccccc4)NC2CCC3OC(CO)c2cc(C(F)(F)F)cc(C(F)(F)F)c2)n1. The van der Waals surface area contributed by atoms with Crippen LogP contribution in [0.2, 0.25) is 0 Å². The molecule has 3 heterocycles. The number of nitrogens with one attached hydrogen (secondary N) is 1. The van der Waals surface area contributed by atoms with Crippen LogP contribution in [0.15, 0.2) is 48.5 Å². The molecule has 3 aromatic rings. The van der Waals surface area contributed by atoms with E-state index >= 15 is 0 Å². The third-order valence-corrected chi connectivity index (χ3v) is 7.38. The van der Waals surface area contributed by atoms with Crippen LogP contribution in [-0.4, -0.2) is 44.1 Å². The fourth-order valence-electron chi connectivity index (χ4n) is 5.67. The second kappa shape index (κ2) is 10.7. The fraction of sp³-hybridized carbons (Fsp3) is 0.480. The van der Waals surface area contributed by atoms with Crippen molar-refractivity contribution in [2.45, 2.75) is 61.3 Å². The second-order valence-corrected chi connectivity index (χ2v) is 9.75. The topological polar surface area (TPSA) is 85.1 Å². The Bertz CT molecular complexity index is 1260. The molecule has 1 aromatic heterocycles. The van der Waals surface area contributed by atoms with E-state index in [0.717, 1.165) is 5.56 Å². The number of aliphatic hydroxyl groups is 1. The normalized spacial score (nSPS) is 25.8. The van der Waals surface area contributed by atoms with Gasteiger partial charge in [0.15, 0.2) is 5.82 Å². The molecule has 2 aliphatic heterocycles. The summed E-state index contributed by atoms with van der Waals surface area (Å²) in [6, 6.07) is 10.5. The first-order chi connectivity index (χ1) is 17.9. The molecule has 0 saturated carbocycles. The van der Waals surface area contributed by atoms with Gasteiger partial charge in [0.05, 0.1) is 36.4 Å². The first-order valence-corrected chi connectivity index (χ1v) is 12.0. The predicted octanol–water partition coefficient (Wildman–Crippen LogP) is 4.92. The van der Waals surface area contributed by atoms with Gasteiger partial charge in [0.2, 0.25) is 0 Å². The summed E-state index contributed by atoms with van der Waals surface area (Å²) < 4.78 is 87.1. The summed E-state index contributed by atoms with van der Waals surface area (Å²) in [5.74, 6) is 0.394. The monoisotopic (exact) mass is 577 g/mol. The van der Waals surface area contributed by atoms with Crippen molar-refractivity contribution in [3.8, 4) is 0 Å². The molecule has 5 atom stereocenters. The molecule has 7 nitrogen and oxygen atoms in total. The van der Waals surface area contributed by atoms with Gasteiger partial charge in [-0.1, -0.05) is 30.3 Å². The number of tetrazole rings is 1. The number of hydrogen-bond donors (Lipinski definition) is 2. The van der Waals surface area contributed by atoms with Gasteiger partial charge in [-0.3, -0.25) is 0 Å². The lowest BCUT2D eigenvalue weighted by Crippen LogP contribution is -2.55. The Hall–Kier alpha value is -2.74. The average molecular weight is 578 g/mol. The lowest BCUT2D eigenvalue weighted by atomic mass is 9.79. The molecule has 212 valence electrons. The van der Waals surface area contributed by atoms with Crippen molar-refractivity contribution >= 4 is 12.4 Å². The van der Waals surface area contributed by atoms with E-state index in [-0.39, 0.29) is 30.4 Å². The van der Waals surface area contributed by atoms with E-state index in [1.807, 2.05) is 30.3 Å². The van der Waals surface area contributed by atoms with Gasteiger partial charge in [0, 0.05) is 12.0 Å². The number of piperidine rings is 1. The van der Waals surface area contributed by atoms with Crippen molar-refractivity contribution < 1.29 is 36.2 Å². The van der Waals surface area contributed by atoms with Crippen molar-refractivity contribution in [2.75, 3.05) is 6.61 Å². The van der Waals surface area contributed by atoms with Gasteiger partial charge in [-0.2, -0.15) is 31.1 Å². The smallest absolute Gasteiger partial charge is 0.393 e. The van der Waals surface area contributed by atoms with Crippen LogP contribution >= 0.6 is 12.4 Å². The molecule has 4 unspecified atom stereocenters. The van der Waals surface area contributed by atoms with Crippen LogP contribution in [0.25, 0.3) is 0 Å². The highest BCUT2D eigenvalue weighted by atomic mass is 35.5. The van der Waals surface area contributed by atoms with Crippen LogP contribution in [0.3, 0.4) is 0 Å². The molecule has 0 spiro atoms. The molecule has 0 radical (unpaired) electrons. The van der Waals surface area contributed by atoms with Crippen molar-refractivity contribution in [3.05, 3.63) is 76.6 Å². The van der Waals surface area contributed by atoms with Crippen molar-refractivity contribution in [1.82, 2.24) is 25.5 Å². The second-order valence-electron chi connectivity index (χ2n) is 9.75. The number of rotatable bonds is 6. The Balaban J connectivity index is 0.00000353. The summed E-state index contributed by atoms with van der Waals surface area (Å²) >= 11 is 0. The quantitative estimate of drug-likeness (QED) is 0.405. The van der Waals surface area contributed by atoms with Gasteiger partial charge in [-0.05, 0) is 53.8 Å². The lowest BCUT2D eigenvalue weighted by molar-refractivity contribution is -0.143. The van der Waals surface area contributed by atoms with Crippen molar-refractivity contribution in [2.24, 2.45) is 7.05 Å². The summed E-state index contributed by atoms with van der Waals surface area (Å²) in [5, 5.41) is 26.2. The van der Waals surface area contributed by atoms with Crippen LogP contribution in [0.5, 0.6) is 0 Å². The molecule has 2 bridgehead atoms.